The van der Waals surface area contributed by atoms with E-state index in [-0.39, 0.29) is 5.97 Å². The normalized spacial score (nSPS) is 19.2. The fourth-order valence-corrected chi connectivity index (χ4v) is 3.22. The first-order valence-corrected chi connectivity index (χ1v) is 8.08. The second-order valence-electron chi connectivity index (χ2n) is 6.10. The van der Waals surface area contributed by atoms with Crippen LogP contribution in [0.4, 0.5) is 0 Å². The van der Waals surface area contributed by atoms with E-state index >= 15 is 0 Å². The van der Waals surface area contributed by atoms with Gasteiger partial charge in [-0.25, -0.2) is 0 Å². The fraction of sp³-hybridized carbons (Fsp3) is 0.938. The fourth-order valence-electron chi connectivity index (χ4n) is 3.22. The van der Waals surface area contributed by atoms with Crippen LogP contribution in [0.3, 0.4) is 0 Å². The third-order valence-electron chi connectivity index (χ3n) is 4.81. The van der Waals surface area contributed by atoms with Gasteiger partial charge in [-0.1, -0.05) is 19.8 Å². The molecule has 4 heteroatoms. The lowest BCUT2D eigenvalue weighted by Crippen LogP contribution is -2.48. The molecule has 4 nitrogen and oxygen atoms in total. The van der Waals surface area contributed by atoms with Crippen molar-refractivity contribution in [2.45, 2.75) is 70.4 Å². The van der Waals surface area contributed by atoms with Crippen LogP contribution in [0, 0.1) is 0 Å². The van der Waals surface area contributed by atoms with Gasteiger partial charge in [-0.15, -0.1) is 0 Å². The number of rotatable bonds is 9. The zero-order valence-electron chi connectivity index (χ0n) is 13.7. The first-order chi connectivity index (χ1) is 9.57. The van der Waals surface area contributed by atoms with Crippen LogP contribution in [-0.4, -0.2) is 49.7 Å². The Morgan fingerprint density at radius 1 is 1.35 bits per heavy atom. The Morgan fingerprint density at radius 3 is 2.50 bits per heavy atom. The number of likely N-dealkylation sites (N-methyl/N-ethyl adjacent to an activating group) is 1. The molecule has 0 aliphatic heterocycles. The molecule has 0 aromatic rings. The standard InChI is InChI=1S/C16H32N2O2/c1-5-18(14-10-6-7-11-14)13-9-8-12-16(2,17-3)15(19)20-4/h14,17H,5-13H2,1-4H3. The predicted octanol–water partition coefficient (Wildman–Crippen LogP) is 2.57. The van der Waals surface area contributed by atoms with Crippen molar-refractivity contribution >= 4 is 5.97 Å². The Labute approximate surface area is 124 Å². The van der Waals surface area contributed by atoms with E-state index in [1.165, 1.54) is 32.8 Å². The molecule has 0 spiro atoms. The van der Waals surface area contributed by atoms with E-state index in [1.807, 2.05) is 14.0 Å². The molecule has 0 radical (unpaired) electrons. The first-order valence-electron chi connectivity index (χ1n) is 8.08. The summed E-state index contributed by atoms with van der Waals surface area (Å²) >= 11 is 0. The van der Waals surface area contributed by atoms with Crippen molar-refractivity contribution < 1.29 is 9.53 Å². The van der Waals surface area contributed by atoms with Crippen molar-refractivity contribution in [2.24, 2.45) is 0 Å². The van der Waals surface area contributed by atoms with Crippen LogP contribution in [0.5, 0.6) is 0 Å². The number of nitrogens with zero attached hydrogens (tertiary/aromatic N) is 1. The Balaban J connectivity index is 2.30. The molecule has 1 fully saturated rings. The molecule has 1 rings (SSSR count). The maximum absolute atomic E-state index is 11.8. The molecular formula is C16H32N2O2. The number of esters is 1. The Kier molecular flexibility index (Phi) is 7.52. The maximum Gasteiger partial charge on any atom is 0.325 e. The summed E-state index contributed by atoms with van der Waals surface area (Å²) in [6.07, 6.45) is 8.55. The smallest absolute Gasteiger partial charge is 0.325 e. The summed E-state index contributed by atoms with van der Waals surface area (Å²) in [5, 5.41) is 3.10. The molecule has 20 heavy (non-hydrogen) atoms. The molecule has 118 valence electrons. The van der Waals surface area contributed by atoms with Crippen LogP contribution in [0.15, 0.2) is 0 Å². The average molecular weight is 284 g/mol. The van der Waals surface area contributed by atoms with Crippen molar-refractivity contribution in [2.75, 3.05) is 27.2 Å². The van der Waals surface area contributed by atoms with Gasteiger partial charge in [-0.05, 0) is 59.2 Å². The topological polar surface area (TPSA) is 41.6 Å². The zero-order valence-corrected chi connectivity index (χ0v) is 13.7. The number of unbranched alkanes of at least 4 members (excludes halogenated alkanes) is 1. The van der Waals surface area contributed by atoms with Crippen LogP contribution in [0.1, 0.15) is 58.8 Å². The second kappa shape index (κ2) is 8.63. The maximum atomic E-state index is 11.8. The highest BCUT2D eigenvalue weighted by Gasteiger charge is 2.31. The minimum absolute atomic E-state index is 0.164. The zero-order chi connectivity index (χ0) is 15.0. The molecule has 1 saturated carbocycles. The summed E-state index contributed by atoms with van der Waals surface area (Å²) in [5.41, 5.74) is -0.543. The SMILES string of the molecule is CCN(CCCCC(C)(NC)C(=O)OC)C1CCCC1. The van der Waals surface area contributed by atoms with Gasteiger partial charge in [-0.2, -0.15) is 0 Å². The summed E-state index contributed by atoms with van der Waals surface area (Å²) < 4.78 is 4.88. The van der Waals surface area contributed by atoms with Crippen molar-refractivity contribution in [3.8, 4) is 0 Å². The van der Waals surface area contributed by atoms with E-state index in [4.69, 9.17) is 4.74 Å². The van der Waals surface area contributed by atoms with Gasteiger partial charge in [0.25, 0.3) is 0 Å². The molecule has 1 N–H and O–H groups in total. The molecule has 1 atom stereocenters. The van der Waals surface area contributed by atoms with Gasteiger partial charge >= 0.3 is 5.97 Å². The van der Waals surface area contributed by atoms with Gasteiger partial charge in [0.1, 0.15) is 5.54 Å². The van der Waals surface area contributed by atoms with Crippen molar-refractivity contribution in [3.05, 3.63) is 0 Å². The largest absolute Gasteiger partial charge is 0.468 e. The van der Waals surface area contributed by atoms with Gasteiger partial charge in [0.05, 0.1) is 7.11 Å². The molecule has 1 unspecified atom stereocenters. The van der Waals surface area contributed by atoms with Crippen molar-refractivity contribution in [1.29, 1.82) is 0 Å². The minimum atomic E-state index is -0.543. The number of ether oxygens (including phenoxy) is 1. The monoisotopic (exact) mass is 284 g/mol. The number of hydrogen-bond donors (Lipinski definition) is 1. The van der Waals surface area contributed by atoms with Gasteiger partial charge in [-0.3, -0.25) is 4.79 Å². The number of carbonyl (C=O) groups is 1. The van der Waals surface area contributed by atoms with E-state index in [1.54, 1.807) is 0 Å². The van der Waals surface area contributed by atoms with E-state index in [2.05, 4.69) is 17.1 Å². The summed E-state index contributed by atoms with van der Waals surface area (Å²) in [7, 11) is 3.28. The Morgan fingerprint density at radius 2 is 2.00 bits per heavy atom. The van der Waals surface area contributed by atoms with E-state index < -0.39 is 5.54 Å². The molecule has 0 saturated heterocycles. The highest BCUT2D eigenvalue weighted by Crippen LogP contribution is 2.24. The van der Waals surface area contributed by atoms with Gasteiger partial charge in [0, 0.05) is 6.04 Å². The molecule has 0 heterocycles. The molecular weight excluding hydrogens is 252 g/mol. The first kappa shape index (κ1) is 17.4. The van der Waals surface area contributed by atoms with Crippen LogP contribution in [0.25, 0.3) is 0 Å². The summed E-state index contributed by atoms with van der Waals surface area (Å²) in [6, 6.07) is 0.802. The summed E-state index contributed by atoms with van der Waals surface area (Å²) in [6.45, 7) is 6.48. The van der Waals surface area contributed by atoms with Crippen LogP contribution < -0.4 is 5.32 Å². The minimum Gasteiger partial charge on any atom is -0.468 e. The Hall–Kier alpha value is -0.610. The highest BCUT2D eigenvalue weighted by atomic mass is 16.5. The number of nitrogens with one attached hydrogen (secondary N) is 1. The molecule has 0 aromatic carbocycles. The predicted molar refractivity (Wildman–Crippen MR) is 82.8 cm³/mol. The highest BCUT2D eigenvalue weighted by molar-refractivity contribution is 5.80. The average Bonchev–Trinajstić information content (AvgIpc) is 3.00. The van der Waals surface area contributed by atoms with Crippen LogP contribution >= 0.6 is 0 Å². The van der Waals surface area contributed by atoms with E-state index in [0.29, 0.717) is 0 Å². The second-order valence-corrected chi connectivity index (χ2v) is 6.10. The van der Waals surface area contributed by atoms with Gasteiger partial charge in [0.2, 0.25) is 0 Å². The molecule has 1 aliphatic rings. The quantitative estimate of drug-likeness (QED) is 0.522. The van der Waals surface area contributed by atoms with Crippen molar-refractivity contribution in [3.63, 3.8) is 0 Å². The summed E-state index contributed by atoms with van der Waals surface area (Å²) in [4.78, 5) is 14.4. The Bertz CT molecular complexity index is 290. The number of carbonyl (C=O) groups excluding carboxylic acids is 1. The molecule has 0 amide bonds. The van der Waals surface area contributed by atoms with Crippen LogP contribution in [0.2, 0.25) is 0 Å². The van der Waals surface area contributed by atoms with E-state index in [9.17, 15) is 4.79 Å². The van der Waals surface area contributed by atoms with Gasteiger partial charge < -0.3 is 15.0 Å². The molecule has 0 bridgehead atoms. The lowest BCUT2D eigenvalue weighted by atomic mass is 9.95. The van der Waals surface area contributed by atoms with Gasteiger partial charge in [0.15, 0.2) is 0 Å². The third-order valence-corrected chi connectivity index (χ3v) is 4.81. The van der Waals surface area contributed by atoms with Crippen molar-refractivity contribution in [1.82, 2.24) is 10.2 Å². The van der Waals surface area contributed by atoms with Crippen LogP contribution in [-0.2, 0) is 9.53 Å². The van der Waals surface area contributed by atoms with E-state index in [0.717, 1.165) is 38.4 Å². The lowest BCUT2D eigenvalue weighted by Gasteiger charge is -2.29. The molecule has 0 aromatic heterocycles. The molecule has 1 aliphatic carbocycles. The lowest BCUT2D eigenvalue weighted by molar-refractivity contribution is -0.148. The number of methoxy groups -OCH3 is 1. The summed E-state index contributed by atoms with van der Waals surface area (Å²) in [5.74, 6) is -0.164. The number of hydrogen-bond acceptors (Lipinski definition) is 4. The third kappa shape index (κ3) is 4.74.